The van der Waals surface area contributed by atoms with Crippen molar-refractivity contribution in [2.24, 2.45) is 0 Å². The summed E-state index contributed by atoms with van der Waals surface area (Å²) < 4.78 is 6.05. The minimum atomic E-state index is -0.819. The number of carboxylic acids is 1. The van der Waals surface area contributed by atoms with Gasteiger partial charge in [-0.2, -0.15) is 0 Å². The van der Waals surface area contributed by atoms with Gasteiger partial charge in [0.2, 0.25) is 0 Å². The molecule has 1 aliphatic heterocycles. The second-order valence-corrected chi connectivity index (χ2v) is 5.07. The Bertz CT molecular complexity index is 625. The summed E-state index contributed by atoms with van der Waals surface area (Å²) in [5, 5.41) is 8.86. The monoisotopic (exact) mass is 292 g/mol. The minimum absolute atomic E-state index is 0. The molecule has 21 heavy (non-hydrogen) atoms. The molecule has 1 N–H and O–H groups in total. The number of aliphatic carboxylic acids is 1. The molecule has 0 aliphatic carbocycles. The van der Waals surface area contributed by atoms with Crippen molar-refractivity contribution in [1.29, 1.82) is 0 Å². The molecular formula is C17H17NaO3. The number of carboxylic acid groups (broad SMARTS) is 1. The SMILES string of the molecule is O=C(O)Cc1ccc2c(c1)OC(c1ccccc1)CC2.[NaH]. The molecule has 4 heteroatoms. The predicted octanol–water partition coefficient (Wildman–Crippen LogP) is 2.73. The van der Waals surface area contributed by atoms with Gasteiger partial charge in [-0.05, 0) is 35.6 Å². The third kappa shape index (κ3) is 3.88. The van der Waals surface area contributed by atoms with E-state index in [1.807, 2.05) is 36.4 Å². The van der Waals surface area contributed by atoms with E-state index in [-0.39, 0.29) is 42.1 Å². The molecule has 0 spiro atoms. The third-order valence-electron chi connectivity index (χ3n) is 3.60. The average Bonchev–Trinajstić information content (AvgIpc) is 2.47. The normalized spacial score (nSPS) is 16.3. The number of fused-ring (bicyclic) bond motifs is 1. The Hall–Kier alpha value is -1.29. The molecule has 2 aromatic rings. The van der Waals surface area contributed by atoms with E-state index in [9.17, 15) is 4.79 Å². The van der Waals surface area contributed by atoms with E-state index in [4.69, 9.17) is 9.84 Å². The van der Waals surface area contributed by atoms with E-state index in [1.54, 1.807) is 0 Å². The molecular weight excluding hydrogens is 275 g/mol. The second kappa shape index (κ2) is 7.12. The van der Waals surface area contributed by atoms with Crippen LogP contribution in [0.15, 0.2) is 48.5 Å². The Morgan fingerprint density at radius 3 is 2.67 bits per heavy atom. The number of ether oxygens (including phenoxy) is 1. The Morgan fingerprint density at radius 2 is 1.95 bits per heavy atom. The van der Waals surface area contributed by atoms with E-state index in [0.29, 0.717) is 0 Å². The van der Waals surface area contributed by atoms with Crippen molar-refractivity contribution < 1.29 is 14.6 Å². The standard InChI is InChI=1S/C17H16O3.Na.H/c18-17(19)11-12-6-7-14-8-9-15(20-16(14)10-12)13-4-2-1-3-5-13;;/h1-7,10,15H,8-9,11H2,(H,18,19);;. The fourth-order valence-electron chi connectivity index (χ4n) is 2.60. The Morgan fingerprint density at radius 1 is 1.19 bits per heavy atom. The quantitative estimate of drug-likeness (QED) is 0.885. The van der Waals surface area contributed by atoms with Gasteiger partial charge in [-0.3, -0.25) is 4.79 Å². The van der Waals surface area contributed by atoms with Crippen LogP contribution in [-0.4, -0.2) is 40.6 Å². The molecule has 0 amide bonds. The van der Waals surface area contributed by atoms with Crippen LogP contribution in [0.25, 0.3) is 0 Å². The second-order valence-electron chi connectivity index (χ2n) is 5.07. The van der Waals surface area contributed by atoms with Crippen LogP contribution < -0.4 is 4.74 Å². The average molecular weight is 292 g/mol. The van der Waals surface area contributed by atoms with Gasteiger partial charge in [0.25, 0.3) is 0 Å². The van der Waals surface area contributed by atoms with Crippen molar-refractivity contribution >= 4 is 35.5 Å². The molecule has 1 unspecified atom stereocenters. The van der Waals surface area contributed by atoms with E-state index < -0.39 is 5.97 Å². The van der Waals surface area contributed by atoms with Crippen LogP contribution in [0.2, 0.25) is 0 Å². The Balaban J connectivity index is 0.00000161. The number of aryl methyl sites for hydroxylation is 1. The first-order valence-corrected chi connectivity index (χ1v) is 6.77. The molecule has 1 aliphatic rings. The van der Waals surface area contributed by atoms with Crippen molar-refractivity contribution in [3.8, 4) is 5.75 Å². The van der Waals surface area contributed by atoms with Crippen LogP contribution in [0, 0.1) is 0 Å². The number of rotatable bonds is 3. The molecule has 0 aromatic heterocycles. The van der Waals surface area contributed by atoms with Gasteiger partial charge in [0.1, 0.15) is 11.9 Å². The van der Waals surface area contributed by atoms with E-state index in [2.05, 4.69) is 12.1 Å². The molecule has 0 fully saturated rings. The van der Waals surface area contributed by atoms with Gasteiger partial charge in [-0.15, -0.1) is 0 Å². The Labute approximate surface area is 146 Å². The van der Waals surface area contributed by atoms with Crippen molar-refractivity contribution in [2.45, 2.75) is 25.4 Å². The summed E-state index contributed by atoms with van der Waals surface area (Å²) in [6, 6.07) is 15.9. The van der Waals surface area contributed by atoms with Gasteiger partial charge < -0.3 is 9.84 Å². The Kier molecular flexibility index (Phi) is 5.45. The molecule has 104 valence electrons. The molecule has 1 heterocycles. The van der Waals surface area contributed by atoms with Gasteiger partial charge >= 0.3 is 35.5 Å². The summed E-state index contributed by atoms with van der Waals surface area (Å²) in [6.45, 7) is 0. The first-order valence-electron chi connectivity index (χ1n) is 6.77. The number of carbonyl (C=O) groups is 1. The zero-order valence-electron chi connectivity index (χ0n) is 11.1. The van der Waals surface area contributed by atoms with Crippen molar-refractivity contribution in [1.82, 2.24) is 0 Å². The van der Waals surface area contributed by atoms with E-state index in [0.717, 1.165) is 29.7 Å². The van der Waals surface area contributed by atoms with Crippen molar-refractivity contribution in [2.75, 3.05) is 0 Å². The molecule has 0 saturated heterocycles. The molecule has 3 nitrogen and oxygen atoms in total. The van der Waals surface area contributed by atoms with Crippen LogP contribution in [0.4, 0.5) is 0 Å². The topological polar surface area (TPSA) is 46.5 Å². The first-order chi connectivity index (χ1) is 9.72. The van der Waals surface area contributed by atoms with Crippen LogP contribution in [-0.2, 0) is 17.6 Å². The van der Waals surface area contributed by atoms with E-state index in [1.165, 1.54) is 5.56 Å². The zero-order chi connectivity index (χ0) is 13.9. The summed E-state index contributed by atoms with van der Waals surface area (Å²) in [4.78, 5) is 10.8. The fourth-order valence-corrected chi connectivity index (χ4v) is 2.60. The summed E-state index contributed by atoms with van der Waals surface area (Å²) in [5.41, 5.74) is 3.11. The third-order valence-corrected chi connectivity index (χ3v) is 3.60. The number of hydrogen-bond acceptors (Lipinski definition) is 2. The molecule has 0 saturated carbocycles. The predicted molar refractivity (Wildman–Crippen MR) is 83.1 cm³/mol. The number of benzene rings is 2. The maximum absolute atomic E-state index is 10.8. The summed E-state index contributed by atoms with van der Waals surface area (Å²) in [5.74, 6) is 0.00391. The van der Waals surface area contributed by atoms with Crippen molar-refractivity contribution in [3.05, 3.63) is 65.2 Å². The van der Waals surface area contributed by atoms with Crippen LogP contribution in [0.1, 0.15) is 29.2 Å². The molecule has 0 bridgehead atoms. The van der Waals surface area contributed by atoms with Gasteiger partial charge in [-0.1, -0.05) is 42.5 Å². The van der Waals surface area contributed by atoms with Gasteiger partial charge in [0.05, 0.1) is 6.42 Å². The van der Waals surface area contributed by atoms with Gasteiger partial charge in [-0.25, -0.2) is 0 Å². The van der Waals surface area contributed by atoms with Gasteiger partial charge in [0.15, 0.2) is 0 Å². The molecule has 0 radical (unpaired) electrons. The van der Waals surface area contributed by atoms with E-state index >= 15 is 0 Å². The molecule has 2 aromatic carbocycles. The van der Waals surface area contributed by atoms with Gasteiger partial charge in [0, 0.05) is 0 Å². The maximum atomic E-state index is 10.8. The molecule has 3 rings (SSSR count). The van der Waals surface area contributed by atoms with Crippen molar-refractivity contribution in [3.63, 3.8) is 0 Å². The number of hydrogen-bond donors (Lipinski definition) is 1. The van der Waals surface area contributed by atoms with Crippen LogP contribution in [0.3, 0.4) is 0 Å². The molecule has 1 atom stereocenters. The summed E-state index contributed by atoms with van der Waals surface area (Å²) >= 11 is 0. The summed E-state index contributed by atoms with van der Waals surface area (Å²) in [7, 11) is 0. The van der Waals surface area contributed by atoms with Crippen LogP contribution in [0.5, 0.6) is 5.75 Å². The zero-order valence-corrected chi connectivity index (χ0v) is 11.1. The summed E-state index contributed by atoms with van der Waals surface area (Å²) in [6.07, 6.45) is 2.01. The van der Waals surface area contributed by atoms with Crippen LogP contribution >= 0.6 is 0 Å². The fraction of sp³-hybridized carbons (Fsp3) is 0.235. The first kappa shape index (κ1) is 16.1.